The first kappa shape index (κ1) is 26.8. The second-order valence-corrected chi connectivity index (χ2v) is 14.9. The number of dihydropyridines is 1. The molecule has 0 amide bonds. The maximum absolute atomic E-state index is 15.9. The summed E-state index contributed by atoms with van der Waals surface area (Å²) >= 11 is 0. The molecule has 0 bridgehead atoms. The lowest BCUT2D eigenvalue weighted by atomic mass is 9.73. The van der Waals surface area contributed by atoms with Crippen molar-refractivity contribution in [3.63, 3.8) is 0 Å². The third kappa shape index (κ3) is 3.74. The lowest BCUT2D eigenvalue weighted by Gasteiger charge is -2.42. The fraction of sp³-hybridized carbons (Fsp3) is 0.128. The quantitative estimate of drug-likeness (QED) is 0.207. The molecule has 0 saturated carbocycles. The van der Waals surface area contributed by atoms with Crippen LogP contribution in [-0.2, 0) is 9.98 Å². The van der Waals surface area contributed by atoms with Gasteiger partial charge >= 0.3 is 0 Å². The monoisotopic (exact) mass is 591 g/mol. The average molecular weight is 592 g/mol. The van der Waals surface area contributed by atoms with E-state index in [-0.39, 0.29) is 11.5 Å². The number of rotatable bonds is 4. The molecule has 0 aliphatic carbocycles. The summed E-state index contributed by atoms with van der Waals surface area (Å²) in [6.45, 7) is 6.71. The van der Waals surface area contributed by atoms with Gasteiger partial charge in [-0.2, -0.15) is 0 Å². The maximum atomic E-state index is 15.9. The van der Waals surface area contributed by atoms with Gasteiger partial charge in [0.2, 0.25) is 7.29 Å². The molecule has 3 heterocycles. The smallest absolute Gasteiger partial charge is 0.232 e. The summed E-state index contributed by atoms with van der Waals surface area (Å²) in [6.07, 6.45) is 5.92. The molecule has 44 heavy (non-hydrogen) atoms. The summed E-state index contributed by atoms with van der Waals surface area (Å²) in [5.41, 5.74) is 7.86. The van der Waals surface area contributed by atoms with E-state index in [0.29, 0.717) is 0 Å². The van der Waals surface area contributed by atoms with E-state index in [1.54, 1.807) is 0 Å². The molecule has 5 heteroatoms. The Morgan fingerprint density at radius 3 is 2.02 bits per heavy atom. The number of aromatic nitrogens is 1. The van der Waals surface area contributed by atoms with Crippen LogP contribution < -0.4 is 15.5 Å². The van der Waals surface area contributed by atoms with E-state index in [4.69, 9.17) is 0 Å². The Hall–Kier alpha value is -4.79. The molecule has 216 valence electrons. The molecule has 2 aliphatic heterocycles. The summed E-state index contributed by atoms with van der Waals surface area (Å²) in [5.74, 6) is 0. The number of allylic oxidation sites excluding steroid dienone is 2. The molecular formula is C39H34N3OP. The average Bonchev–Trinajstić information content (AvgIpc) is 3.40. The first-order valence-electron chi connectivity index (χ1n) is 15.2. The molecule has 2 aliphatic rings. The highest BCUT2D eigenvalue weighted by Gasteiger charge is 2.39. The molecule has 2 atom stereocenters. The Morgan fingerprint density at radius 1 is 0.705 bits per heavy atom. The van der Waals surface area contributed by atoms with Gasteiger partial charge in [-0.1, -0.05) is 86.6 Å². The van der Waals surface area contributed by atoms with Crippen LogP contribution in [0.2, 0.25) is 0 Å². The molecule has 4 nitrogen and oxygen atoms in total. The minimum Gasteiger partial charge on any atom is -0.384 e. The normalized spacial score (nSPS) is 18.3. The summed E-state index contributed by atoms with van der Waals surface area (Å²) in [5, 5.41) is 7.29. The molecule has 8 rings (SSSR count). The largest absolute Gasteiger partial charge is 0.384 e. The second-order valence-electron chi connectivity index (χ2n) is 12.3. The van der Waals surface area contributed by atoms with Gasteiger partial charge in [-0.3, -0.25) is 8.90 Å². The Bertz CT molecular complexity index is 2140. The number of anilines is 3. The minimum absolute atomic E-state index is 0.0776. The summed E-state index contributed by atoms with van der Waals surface area (Å²) in [4.78, 5) is 2.39. The predicted octanol–water partition coefficient (Wildman–Crippen LogP) is 9.74. The molecule has 2 unspecified atom stereocenters. The van der Waals surface area contributed by atoms with Crippen molar-refractivity contribution in [1.82, 2.24) is 9.65 Å². The zero-order chi connectivity index (χ0) is 30.1. The van der Waals surface area contributed by atoms with Gasteiger partial charge < -0.3 is 10.2 Å². The lowest BCUT2D eigenvalue weighted by Crippen LogP contribution is -2.30. The Kier molecular flexibility index (Phi) is 6.01. The van der Waals surface area contributed by atoms with Gasteiger partial charge in [-0.25, -0.2) is 0 Å². The van der Waals surface area contributed by atoms with Crippen molar-refractivity contribution < 1.29 is 4.57 Å². The highest BCUT2D eigenvalue weighted by Crippen LogP contribution is 2.60. The molecule has 0 fully saturated rings. The van der Waals surface area contributed by atoms with E-state index in [2.05, 4.69) is 120 Å². The van der Waals surface area contributed by atoms with Crippen LogP contribution in [0.1, 0.15) is 31.9 Å². The van der Waals surface area contributed by atoms with Crippen LogP contribution in [0.15, 0.2) is 145 Å². The lowest BCUT2D eigenvalue weighted by molar-refractivity contribution is 0.576. The van der Waals surface area contributed by atoms with Gasteiger partial charge in [0.1, 0.15) is 0 Å². The highest BCUT2D eigenvalue weighted by atomic mass is 31.2. The van der Waals surface area contributed by atoms with Crippen molar-refractivity contribution in [1.29, 1.82) is 0 Å². The van der Waals surface area contributed by atoms with Crippen molar-refractivity contribution >= 4 is 51.5 Å². The van der Waals surface area contributed by atoms with E-state index in [0.717, 1.165) is 38.1 Å². The van der Waals surface area contributed by atoms with E-state index >= 15 is 4.57 Å². The standard InChI is InChI=1S/C39H34N3OP/c1-27-38(22-13-25-40-27)44(43,29-14-5-4-6-15-29)42-34-19-10-7-16-30(34)31-26-28(23-24-35(31)42)41-36-20-11-8-17-32(36)39(2,3)33-18-9-12-21-37(33)41/h4-27,40H,1-3H3. The van der Waals surface area contributed by atoms with E-state index in [1.807, 2.05) is 54.8 Å². The van der Waals surface area contributed by atoms with Crippen LogP contribution in [-0.4, -0.2) is 10.4 Å². The van der Waals surface area contributed by atoms with Gasteiger partial charge in [0.25, 0.3) is 0 Å². The first-order chi connectivity index (χ1) is 21.4. The molecule has 0 spiro atoms. The zero-order valence-electron chi connectivity index (χ0n) is 25.1. The van der Waals surface area contributed by atoms with Crippen LogP contribution in [0.4, 0.5) is 17.1 Å². The van der Waals surface area contributed by atoms with Crippen molar-refractivity contribution in [3.05, 3.63) is 156 Å². The van der Waals surface area contributed by atoms with Crippen molar-refractivity contribution in [2.75, 3.05) is 4.90 Å². The maximum Gasteiger partial charge on any atom is 0.232 e. The molecule has 6 aromatic rings. The molecular weight excluding hydrogens is 557 g/mol. The number of hydrogen-bond donors (Lipinski definition) is 1. The number of nitrogens with zero attached hydrogens (tertiary/aromatic N) is 2. The molecule has 1 N–H and O–H groups in total. The van der Waals surface area contributed by atoms with Gasteiger partial charge in [0.15, 0.2) is 0 Å². The fourth-order valence-electron chi connectivity index (χ4n) is 7.28. The van der Waals surface area contributed by atoms with Gasteiger partial charge in [0.05, 0.1) is 28.5 Å². The van der Waals surface area contributed by atoms with Gasteiger partial charge in [-0.05, 0) is 84.9 Å². The molecule has 0 saturated heterocycles. The third-order valence-corrected chi connectivity index (χ3v) is 12.6. The van der Waals surface area contributed by atoms with Crippen LogP contribution >= 0.6 is 7.29 Å². The topological polar surface area (TPSA) is 37.3 Å². The molecule has 0 radical (unpaired) electrons. The Labute approximate surface area is 258 Å². The highest BCUT2D eigenvalue weighted by molar-refractivity contribution is 7.74. The third-order valence-electron chi connectivity index (χ3n) is 9.42. The van der Waals surface area contributed by atoms with E-state index < -0.39 is 7.29 Å². The van der Waals surface area contributed by atoms with Gasteiger partial charge in [-0.15, -0.1) is 0 Å². The SMILES string of the molecule is CC1NC=CC=C1P(=O)(c1ccccc1)n1c2ccccc2c2cc(N3c4ccccc4C(C)(C)c4ccccc43)ccc21. The second kappa shape index (κ2) is 9.87. The number of nitrogens with one attached hydrogen (secondary N) is 1. The number of para-hydroxylation sites is 3. The first-order valence-corrected chi connectivity index (χ1v) is 16.9. The summed E-state index contributed by atoms with van der Waals surface area (Å²) in [7, 11) is -3.32. The van der Waals surface area contributed by atoms with Crippen LogP contribution in [0.5, 0.6) is 0 Å². The number of fused-ring (bicyclic) bond motifs is 5. The van der Waals surface area contributed by atoms with E-state index in [9.17, 15) is 0 Å². The number of hydrogen-bond acceptors (Lipinski definition) is 3. The molecule has 5 aromatic carbocycles. The van der Waals surface area contributed by atoms with Crippen LogP contribution in [0, 0.1) is 0 Å². The van der Waals surface area contributed by atoms with Crippen molar-refractivity contribution in [3.8, 4) is 0 Å². The van der Waals surface area contributed by atoms with Crippen LogP contribution in [0.3, 0.4) is 0 Å². The minimum atomic E-state index is -3.32. The van der Waals surface area contributed by atoms with Crippen LogP contribution in [0.25, 0.3) is 21.8 Å². The van der Waals surface area contributed by atoms with Gasteiger partial charge in [0, 0.05) is 32.5 Å². The fourth-order valence-corrected chi connectivity index (χ4v) is 10.5. The summed E-state index contributed by atoms with van der Waals surface area (Å²) in [6, 6.07) is 42.4. The Balaban J connectivity index is 1.42. The van der Waals surface area contributed by atoms with E-state index in [1.165, 1.54) is 22.5 Å². The zero-order valence-corrected chi connectivity index (χ0v) is 26.0. The van der Waals surface area contributed by atoms with Crippen molar-refractivity contribution in [2.24, 2.45) is 0 Å². The summed E-state index contributed by atoms with van der Waals surface area (Å²) < 4.78 is 18.0. The predicted molar refractivity (Wildman–Crippen MR) is 185 cm³/mol. The number of benzene rings is 5. The van der Waals surface area contributed by atoms with Crippen molar-refractivity contribution in [2.45, 2.75) is 32.2 Å². The molecule has 1 aromatic heterocycles. The Morgan fingerprint density at radius 2 is 1.32 bits per heavy atom.